The summed E-state index contributed by atoms with van der Waals surface area (Å²) in [6, 6.07) is 0.431. The maximum atomic E-state index is 10.5. The summed E-state index contributed by atoms with van der Waals surface area (Å²) in [6.45, 7) is 8.42. The van der Waals surface area contributed by atoms with Crippen LogP contribution in [0.25, 0.3) is 0 Å². The van der Waals surface area contributed by atoms with E-state index in [1.807, 2.05) is 7.05 Å². The third kappa shape index (κ3) is 4.94. The van der Waals surface area contributed by atoms with E-state index in [2.05, 4.69) is 36.3 Å². The predicted octanol–water partition coefficient (Wildman–Crippen LogP) is 0.935. The zero-order chi connectivity index (χ0) is 15.5. The van der Waals surface area contributed by atoms with Crippen LogP contribution < -0.4 is 10.2 Å². The number of rotatable bonds is 5. The van der Waals surface area contributed by atoms with Gasteiger partial charge in [0.1, 0.15) is 0 Å². The topological polar surface area (TPSA) is 83.7 Å². The predicted molar refractivity (Wildman–Crippen MR) is 79.2 cm³/mol. The summed E-state index contributed by atoms with van der Waals surface area (Å²) < 4.78 is 10.9. The second-order valence-electron chi connectivity index (χ2n) is 6.77. The summed E-state index contributed by atoms with van der Waals surface area (Å²) in [5.74, 6) is 0.547. The van der Waals surface area contributed by atoms with Gasteiger partial charge in [0.2, 0.25) is 5.89 Å². The summed E-state index contributed by atoms with van der Waals surface area (Å²) in [5, 5.41) is 21.9. The molecule has 2 rings (SSSR count). The second kappa shape index (κ2) is 6.29. The molecule has 0 aliphatic carbocycles. The molecular weight excluding hydrogens is 272 g/mol. The van der Waals surface area contributed by atoms with Crippen LogP contribution in [0.3, 0.4) is 0 Å². The Morgan fingerprint density at radius 3 is 2.57 bits per heavy atom. The summed E-state index contributed by atoms with van der Waals surface area (Å²) in [6.07, 6.45) is 1.26. The van der Waals surface area contributed by atoms with Crippen LogP contribution in [0, 0.1) is 0 Å². The standard InChI is InChI=1S/C14H26N4O3/c1-13(2,3)15-9-11-16-17-12(21-11)18(4)10-14(19)5-7-20-8-6-14/h15,19H,5-10H2,1-4H3. The number of hydrogen-bond donors (Lipinski definition) is 2. The van der Waals surface area contributed by atoms with Crippen LogP contribution >= 0.6 is 0 Å². The van der Waals surface area contributed by atoms with Crippen LogP contribution in [-0.2, 0) is 11.3 Å². The highest BCUT2D eigenvalue weighted by molar-refractivity contribution is 5.23. The summed E-state index contributed by atoms with van der Waals surface area (Å²) in [5.41, 5.74) is -0.747. The van der Waals surface area contributed by atoms with Gasteiger partial charge in [-0.05, 0) is 20.8 Å². The molecule has 1 aliphatic heterocycles. The van der Waals surface area contributed by atoms with Crippen molar-refractivity contribution in [3.05, 3.63) is 5.89 Å². The van der Waals surface area contributed by atoms with Crippen molar-refractivity contribution in [1.82, 2.24) is 15.5 Å². The highest BCUT2D eigenvalue weighted by atomic mass is 16.5. The molecule has 0 bridgehead atoms. The Labute approximate surface area is 125 Å². The normalized spacial score (nSPS) is 18.7. The van der Waals surface area contributed by atoms with Gasteiger partial charge >= 0.3 is 6.01 Å². The van der Waals surface area contributed by atoms with Crippen molar-refractivity contribution in [3.63, 3.8) is 0 Å². The number of anilines is 1. The van der Waals surface area contributed by atoms with Crippen LogP contribution in [0.1, 0.15) is 39.5 Å². The van der Waals surface area contributed by atoms with Crippen molar-refractivity contribution >= 4 is 6.01 Å². The number of likely N-dealkylation sites (N-methyl/N-ethyl adjacent to an activating group) is 1. The average molecular weight is 298 g/mol. The molecule has 21 heavy (non-hydrogen) atoms. The van der Waals surface area contributed by atoms with Crippen molar-refractivity contribution in [1.29, 1.82) is 0 Å². The quantitative estimate of drug-likeness (QED) is 0.836. The van der Waals surface area contributed by atoms with Crippen molar-refractivity contribution in [3.8, 4) is 0 Å². The first-order valence-electron chi connectivity index (χ1n) is 7.36. The van der Waals surface area contributed by atoms with Crippen LogP contribution in [0.4, 0.5) is 6.01 Å². The van der Waals surface area contributed by atoms with Crippen molar-refractivity contribution in [2.24, 2.45) is 0 Å². The first-order valence-corrected chi connectivity index (χ1v) is 7.36. The van der Waals surface area contributed by atoms with Gasteiger partial charge in [0, 0.05) is 38.6 Å². The lowest BCUT2D eigenvalue weighted by Gasteiger charge is -2.34. The molecule has 0 unspecified atom stereocenters. The molecule has 120 valence electrons. The highest BCUT2D eigenvalue weighted by Gasteiger charge is 2.32. The van der Waals surface area contributed by atoms with Gasteiger partial charge in [-0.25, -0.2) is 0 Å². The molecule has 0 amide bonds. The van der Waals surface area contributed by atoms with E-state index >= 15 is 0 Å². The zero-order valence-electron chi connectivity index (χ0n) is 13.3. The lowest BCUT2D eigenvalue weighted by atomic mass is 9.94. The maximum Gasteiger partial charge on any atom is 0.318 e. The van der Waals surface area contributed by atoms with Crippen molar-refractivity contribution < 1.29 is 14.3 Å². The van der Waals surface area contributed by atoms with Gasteiger partial charge in [-0.2, -0.15) is 0 Å². The average Bonchev–Trinajstić information content (AvgIpc) is 2.85. The number of nitrogens with zero attached hydrogens (tertiary/aromatic N) is 3. The number of nitrogens with one attached hydrogen (secondary N) is 1. The van der Waals surface area contributed by atoms with Gasteiger partial charge in [-0.15, -0.1) is 5.10 Å². The molecule has 7 heteroatoms. The fourth-order valence-corrected chi connectivity index (χ4v) is 2.23. The Morgan fingerprint density at radius 1 is 1.29 bits per heavy atom. The molecule has 0 saturated carbocycles. The van der Waals surface area contributed by atoms with Crippen molar-refractivity contribution in [2.75, 3.05) is 31.7 Å². The second-order valence-corrected chi connectivity index (χ2v) is 6.77. The molecule has 2 N–H and O–H groups in total. The molecule has 0 aromatic carbocycles. The molecule has 0 radical (unpaired) electrons. The minimum Gasteiger partial charge on any atom is -0.407 e. The maximum absolute atomic E-state index is 10.5. The lowest BCUT2D eigenvalue weighted by Crippen LogP contribution is -2.45. The molecule has 1 fully saturated rings. The van der Waals surface area contributed by atoms with E-state index < -0.39 is 5.60 Å². The van der Waals surface area contributed by atoms with Crippen molar-refractivity contribution in [2.45, 2.75) is 51.3 Å². The Kier molecular flexibility index (Phi) is 4.85. The Bertz CT molecular complexity index is 449. The molecule has 1 aromatic rings. The highest BCUT2D eigenvalue weighted by Crippen LogP contribution is 2.23. The van der Waals surface area contributed by atoms with E-state index in [1.54, 1.807) is 4.90 Å². The van der Waals surface area contributed by atoms with E-state index in [0.717, 1.165) is 0 Å². The van der Waals surface area contributed by atoms with Gasteiger partial charge < -0.3 is 24.5 Å². The number of ether oxygens (including phenoxy) is 1. The van der Waals surface area contributed by atoms with E-state index in [9.17, 15) is 5.11 Å². The third-order valence-electron chi connectivity index (χ3n) is 3.51. The van der Waals surface area contributed by atoms with Gasteiger partial charge in [0.25, 0.3) is 0 Å². The Morgan fingerprint density at radius 2 is 1.95 bits per heavy atom. The monoisotopic (exact) mass is 298 g/mol. The molecule has 0 spiro atoms. The molecule has 0 atom stereocenters. The minimum absolute atomic E-state index is 0.00219. The van der Waals surface area contributed by atoms with Crippen LogP contribution in [0.5, 0.6) is 0 Å². The van der Waals surface area contributed by atoms with Gasteiger partial charge in [0.15, 0.2) is 0 Å². The largest absolute Gasteiger partial charge is 0.407 e. The van der Waals surface area contributed by atoms with E-state index in [0.29, 0.717) is 51.1 Å². The fourth-order valence-electron chi connectivity index (χ4n) is 2.23. The molecular formula is C14H26N4O3. The van der Waals surface area contributed by atoms with E-state index in [-0.39, 0.29) is 5.54 Å². The molecule has 2 heterocycles. The summed E-state index contributed by atoms with van der Waals surface area (Å²) in [7, 11) is 1.85. The molecule has 1 aliphatic rings. The van der Waals surface area contributed by atoms with Gasteiger partial charge in [0.05, 0.1) is 18.7 Å². The van der Waals surface area contributed by atoms with E-state index in [1.165, 1.54) is 0 Å². The Hall–Kier alpha value is -1.18. The molecule has 7 nitrogen and oxygen atoms in total. The SMILES string of the molecule is CN(CC1(O)CCOCC1)c1nnc(CNC(C)(C)C)o1. The lowest BCUT2D eigenvalue weighted by molar-refractivity contribution is -0.0576. The van der Waals surface area contributed by atoms with Crippen LogP contribution in [0.2, 0.25) is 0 Å². The zero-order valence-corrected chi connectivity index (χ0v) is 13.3. The van der Waals surface area contributed by atoms with Crippen LogP contribution in [-0.4, -0.2) is 53.3 Å². The number of hydrogen-bond acceptors (Lipinski definition) is 7. The third-order valence-corrected chi connectivity index (χ3v) is 3.51. The Balaban J connectivity index is 1.90. The smallest absolute Gasteiger partial charge is 0.318 e. The van der Waals surface area contributed by atoms with Gasteiger partial charge in [-0.3, -0.25) is 0 Å². The van der Waals surface area contributed by atoms with Crippen LogP contribution in [0.15, 0.2) is 4.42 Å². The molecule has 1 saturated heterocycles. The first-order chi connectivity index (χ1) is 9.77. The fraction of sp³-hybridized carbons (Fsp3) is 0.857. The minimum atomic E-state index is -0.745. The van der Waals surface area contributed by atoms with Gasteiger partial charge in [-0.1, -0.05) is 5.10 Å². The summed E-state index contributed by atoms with van der Waals surface area (Å²) >= 11 is 0. The molecule has 1 aromatic heterocycles. The first kappa shape index (κ1) is 16.2. The number of aliphatic hydroxyl groups is 1. The van der Waals surface area contributed by atoms with E-state index in [4.69, 9.17) is 9.15 Å². The number of aromatic nitrogens is 2. The summed E-state index contributed by atoms with van der Waals surface area (Å²) in [4.78, 5) is 1.80.